The summed E-state index contributed by atoms with van der Waals surface area (Å²) in [5.74, 6) is 1.67. The zero-order chi connectivity index (χ0) is 12.3. The van der Waals surface area contributed by atoms with Crippen molar-refractivity contribution in [2.75, 3.05) is 5.32 Å². The van der Waals surface area contributed by atoms with Gasteiger partial charge in [0.05, 0.1) is 6.04 Å². The van der Waals surface area contributed by atoms with Gasteiger partial charge in [0.15, 0.2) is 0 Å². The van der Waals surface area contributed by atoms with Crippen molar-refractivity contribution in [1.82, 2.24) is 15.0 Å². The van der Waals surface area contributed by atoms with Crippen molar-refractivity contribution in [3.8, 4) is 0 Å². The minimum Gasteiger partial charge on any atom is -0.361 e. The van der Waals surface area contributed by atoms with E-state index in [0.29, 0.717) is 0 Å². The number of nitrogens with zero attached hydrogens (tertiary/aromatic N) is 3. The van der Waals surface area contributed by atoms with Crippen molar-refractivity contribution in [1.29, 1.82) is 0 Å². The number of nitrogens with one attached hydrogen (secondary N) is 1. The summed E-state index contributed by atoms with van der Waals surface area (Å²) in [6.45, 7) is 6.02. The molecule has 0 fully saturated rings. The van der Waals surface area contributed by atoms with Crippen molar-refractivity contribution >= 4 is 17.2 Å². The fraction of sp³-hybridized carbons (Fsp3) is 0.417. The number of hydrogen-bond acceptors (Lipinski definition) is 5. The summed E-state index contributed by atoms with van der Waals surface area (Å²) >= 11 is 1.67. The molecule has 0 amide bonds. The average Bonchev–Trinajstić information content (AvgIpc) is 2.77. The number of rotatable bonds is 4. The Kier molecular flexibility index (Phi) is 3.68. The normalized spacial score (nSPS) is 12.4. The summed E-state index contributed by atoms with van der Waals surface area (Å²) in [6, 6.07) is 2.19. The Balaban J connectivity index is 2.18. The van der Waals surface area contributed by atoms with Gasteiger partial charge in [-0.05, 0) is 20.3 Å². The van der Waals surface area contributed by atoms with Gasteiger partial charge in [-0.3, -0.25) is 0 Å². The molecule has 0 aliphatic carbocycles. The highest BCUT2D eigenvalue weighted by molar-refractivity contribution is 7.09. The lowest BCUT2D eigenvalue weighted by Crippen LogP contribution is -2.11. The Morgan fingerprint density at radius 1 is 1.35 bits per heavy atom. The van der Waals surface area contributed by atoms with Crippen LogP contribution < -0.4 is 5.32 Å². The fourth-order valence-corrected chi connectivity index (χ4v) is 2.49. The van der Waals surface area contributed by atoms with Crippen molar-refractivity contribution in [3.63, 3.8) is 0 Å². The van der Waals surface area contributed by atoms with Crippen LogP contribution in [0, 0.1) is 13.8 Å². The summed E-state index contributed by atoms with van der Waals surface area (Å²) in [5, 5.41) is 6.50. The van der Waals surface area contributed by atoms with Gasteiger partial charge < -0.3 is 5.32 Å². The zero-order valence-corrected chi connectivity index (χ0v) is 11.1. The van der Waals surface area contributed by atoms with Crippen molar-refractivity contribution in [2.45, 2.75) is 33.2 Å². The monoisotopic (exact) mass is 248 g/mol. The molecular weight excluding hydrogens is 232 g/mol. The third-order valence-corrected chi connectivity index (χ3v) is 3.34. The van der Waals surface area contributed by atoms with Crippen LogP contribution in [0.4, 0.5) is 5.82 Å². The summed E-state index contributed by atoms with van der Waals surface area (Å²) in [7, 11) is 0. The Bertz CT molecular complexity index is 461. The first kappa shape index (κ1) is 12.0. The van der Waals surface area contributed by atoms with E-state index in [0.717, 1.165) is 28.8 Å². The van der Waals surface area contributed by atoms with Gasteiger partial charge in [-0.15, -0.1) is 11.3 Å². The summed E-state index contributed by atoms with van der Waals surface area (Å²) in [4.78, 5) is 13.0. The predicted octanol–water partition coefficient (Wildman–Crippen LogP) is 3.11. The lowest BCUT2D eigenvalue weighted by Gasteiger charge is -2.15. The first-order chi connectivity index (χ1) is 8.19. The van der Waals surface area contributed by atoms with E-state index >= 15 is 0 Å². The Morgan fingerprint density at radius 2 is 2.18 bits per heavy atom. The van der Waals surface area contributed by atoms with Crippen LogP contribution in [-0.4, -0.2) is 15.0 Å². The molecule has 1 N–H and O–H groups in total. The van der Waals surface area contributed by atoms with E-state index in [9.17, 15) is 0 Å². The van der Waals surface area contributed by atoms with Crippen LogP contribution in [0.25, 0.3) is 0 Å². The molecule has 17 heavy (non-hydrogen) atoms. The van der Waals surface area contributed by atoms with Gasteiger partial charge in [-0.25, -0.2) is 15.0 Å². The summed E-state index contributed by atoms with van der Waals surface area (Å²) in [5.41, 5.74) is 0.981. The summed E-state index contributed by atoms with van der Waals surface area (Å²) in [6.07, 6.45) is 2.82. The molecular formula is C12H16N4S. The van der Waals surface area contributed by atoms with E-state index < -0.39 is 0 Å². The van der Waals surface area contributed by atoms with Gasteiger partial charge in [0.2, 0.25) is 0 Å². The van der Waals surface area contributed by atoms with E-state index in [2.05, 4.69) is 27.2 Å². The minimum atomic E-state index is 0.226. The maximum atomic E-state index is 4.39. The van der Waals surface area contributed by atoms with Crippen LogP contribution in [0.3, 0.4) is 0 Å². The highest BCUT2D eigenvalue weighted by Gasteiger charge is 2.12. The quantitative estimate of drug-likeness (QED) is 0.903. The zero-order valence-electron chi connectivity index (χ0n) is 10.3. The van der Waals surface area contributed by atoms with Gasteiger partial charge in [0.25, 0.3) is 0 Å². The highest BCUT2D eigenvalue weighted by Crippen LogP contribution is 2.23. The largest absolute Gasteiger partial charge is 0.361 e. The van der Waals surface area contributed by atoms with Crippen LogP contribution in [0.1, 0.15) is 35.9 Å². The molecule has 1 atom stereocenters. The molecule has 2 rings (SSSR count). The second kappa shape index (κ2) is 5.23. The van der Waals surface area contributed by atoms with Crippen molar-refractivity contribution in [3.05, 3.63) is 34.2 Å². The van der Waals surface area contributed by atoms with E-state index in [1.165, 1.54) is 0 Å². The fourth-order valence-electron chi connectivity index (χ4n) is 1.71. The Labute approximate surface area is 105 Å². The first-order valence-corrected chi connectivity index (χ1v) is 6.55. The molecule has 1 unspecified atom stereocenters. The molecule has 0 bridgehead atoms. The minimum absolute atomic E-state index is 0.226. The molecule has 0 aliphatic heterocycles. The van der Waals surface area contributed by atoms with Crippen molar-refractivity contribution < 1.29 is 0 Å². The molecule has 4 nitrogen and oxygen atoms in total. The molecule has 0 saturated carbocycles. The van der Waals surface area contributed by atoms with Crippen LogP contribution in [0.2, 0.25) is 0 Å². The van der Waals surface area contributed by atoms with Gasteiger partial charge >= 0.3 is 0 Å². The van der Waals surface area contributed by atoms with Crippen molar-refractivity contribution in [2.24, 2.45) is 0 Å². The average molecular weight is 248 g/mol. The van der Waals surface area contributed by atoms with E-state index in [1.54, 1.807) is 11.3 Å². The number of hydrogen-bond donors (Lipinski definition) is 1. The third-order valence-electron chi connectivity index (χ3n) is 2.45. The number of thiazole rings is 1. The molecule has 0 aliphatic rings. The van der Waals surface area contributed by atoms with Crippen LogP contribution in [0.5, 0.6) is 0 Å². The standard InChI is InChI=1S/C12H16N4S/c1-4-10(12-13-5-6-17-12)16-11-7-8(2)14-9(3)15-11/h5-7,10H,4H2,1-3H3,(H,14,15,16). The predicted molar refractivity (Wildman–Crippen MR) is 70.3 cm³/mol. The molecule has 2 heterocycles. The second-order valence-corrected chi connectivity index (χ2v) is 4.84. The Morgan fingerprint density at radius 3 is 2.76 bits per heavy atom. The highest BCUT2D eigenvalue weighted by atomic mass is 32.1. The molecule has 0 aromatic carbocycles. The van der Waals surface area contributed by atoms with Gasteiger partial charge in [0, 0.05) is 23.3 Å². The molecule has 2 aromatic heterocycles. The van der Waals surface area contributed by atoms with E-state index in [-0.39, 0.29) is 6.04 Å². The second-order valence-electron chi connectivity index (χ2n) is 3.92. The van der Waals surface area contributed by atoms with Crippen LogP contribution in [0.15, 0.2) is 17.6 Å². The van der Waals surface area contributed by atoms with Gasteiger partial charge in [0.1, 0.15) is 16.6 Å². The number of aryl methyl sites for hydroxylation is 2. The third kappa shape index (κ3) is 3.00. The van der Waals surface area contributed by atoms with Crippen LogP contribution >= 0.6 is 11.3 Å². The molecule has 2 aromatic rings. The molecule has 0 saturated heterocycles. The number of aromatic nitrogens is 3. The lowest BCUT2D eigenvalue weighted by atomic mass is 10.2. The van der Waals surface area contributed by atoms with E-state index in [1.807, 2.05) is 31.5 Å². The summed E-state index contributed by atoms with van der Waals surface area (Å²) < 4.78 is 0. The lowest BCUT2D eigenvalue weighted by molar-refractivity contribution is 0.735. The number of anilines is 1. The smallest absolute Gasteiger partial charge is 0.130 e. The Hall–Kier alpha value is -1.49. The molecule has 5 heteroatoms. The first-order valence-electron chi connectivity index (χ1n) is 5.67. The SMILES string of the molecule is CCC(Nc1cc(C)nc(C)n1)c1nccs1. The molecule has 0 spiro atoms. The molecule has 0 radical (unpaired) electrons. The topological polar surface area (TPSA) is 50.7 Å². The maximum absolute atomic E-state index is 4.39. The molecule has 90 valence electrons. The van der Waals surface area contributed by atoms with Gasteiger partial charge in [-0.2, -0.15) is 0 Å². The maximum Gasteiger partial charge on any atom is 0.130 e. The van der Waals surface area contributed by atoms with Gasteiger partial charge in [-0.1, -0.05) is 6.92 Å². The van der Waals surface area contributed by atoms with Crippen LogP contribution in [-0.2, 0) is 0 Å². The van der Waals surface area contributed by atoms with E-state index in [4.69, 9.17) is 0 Å².